The van der Waals surface area contributed by atoms with Crippen LogP contribution >= 0.6 is 0 Å². The van der Waals surface area contributed by atoms with Gasteiger partial charge in [-0.05, 0) is 20.3 Å². The minimum absolute atomic E-state index is 0.453. The maximum absolute atomic E-state index is 3.71. The molecule has 0 N–H and O–H groups in total. The van der Waals surface area contributed by atoms with Gasteiger partial charge in [0.2, 0.25) is 0 Å². The Morgan fingerprint density at radius 3 is 2.44 bits per heavy atom. The van der Waals surface area contributed by atoms with Gasteiger partial charge in [-0.1, -0.05) is 6.08 Å². The van der Waals surface area contributed by atoms with E-state index in [1.165, 1.54) is 13.0 Å². The van der Waals surface area contributed by atoms with Gasteiger partial charge in [0.1, 0.15) is 0 Å². The van der Waals surface area contributed by atoms with Gasteiger partial charge in [-0.15, -0.1) is 6.58 Å². The van der Waals surface area contributed by atoms with Crippen LogP contribution in [-0.2, 0) is 0 Å². The highest BCUT2D eigenvalue weighted by Gasteiger charge is 2.34. The number of rotatable bonds is 2. The van der Waals surface area contributed by atoms with E-state index in [1.54, 1.807) is 0 Å². The van der Waals surface area contributed by atoms with Crippen LogP contribution in [-0.4, -0.2) is 23.5 Å². The first-order valence-electron chi connectivity index (χ1n) is 3.53. The van der Waals surface area contributed by atoms with Crippen molar-refractivity contribution in [3.63, 3.8) is 0 Å². The first kappa shape index (κ1) is 6.81. The molecule has 0 bridgehead atoms. The molecule has 9 heavy (non-hydrogen) atoms. The van der Waals surface area contributed by atoms with Crippen molar-refractivity contribution in [3.05, 3.63) is 12.7 Å². The van der Waals surface area contributed by atoms with Crippen molar-refractivity contribution in [1.29, 1.82) is 0 Å². The topological polar surface area (TPSA) is 3.24 Å². The molecule has 0 aromatic heterocycles. The van der Waals surface area contributed by atoms with E-state index >= 15 is 0 Å². The lowest BCUT2D eigenvalue weighted by molar-refractivity contribution is 0.0285. The van der Waals surface area contributed by atoms with Crippen LogP contribution < -0.4 is 0 Å². The second-order valence-electron chi connectivity index (χ2n) is 3.30. The van der Waals surface area contributed by atoms with Crippen LogP contribution in [0.1, 0.15) is 20.3 Å². The zero-order chi connectivity index (χ0) is 6.91. The minimum atomic E-state index is 0.453. The molecule has 0 atom stereocenters. The van der Waals surface area contributed by atoms with E-state index in [9.17, 15) is 0 Å². The Kier molecular flexibility index (Phi) is 1.62. The quantitative estimate of drug-likeness (QED) is 0.507. The average molecular weight is 125 g/mol. The smallest absolute Gasteiger partial charge is 0.0168 e. The predicted octanol–water partition coefficient (Wildman–Crippen LogP) is 1.66. The molecule has 1 heterocycles. The number of hydrogen-bond acceptors (Lipinski definition) is 1. The Labute approximate surface area is 57.4 Å². The molecule has 0 radical (unpaired) electrons. The van der Waals surface area contributed by atoms with Crippen molar-refractivity contribution in [3.8, 4) is 0 Å². The fourth-order valence-corrected chi connectivity index (χ4v) is 1.21. The van der Waals surface area contributed by atoms with Crippen LogP contribution in [0, 0.1) is 0 Å². The van der Waals surface area contributed by atoms with Crippen LogP contribution in [0.5, 0.6) is 0 Å². The number of likely N-dealkylation sites (tertiary alicyclic amines) is 1. The van der Waals surface area contributed by atoms with Gasteiger partial charge in [-0.2, -0.15) is 0 Å². The summed E-state index contributed by atoms with van der Waals surface area (Å²) in [6.45, 7) is 10.6. The summed E-state index contributed by atoms with van der Waals surface area (Å²) in [5.41, 5.74) is 0.453. The third-order valence-electron chi connectivity index (χ3n) is 2.20. The molecule has 1 fully saturated rings. The Morgan fingerprint density at radius 2 is 2.33 bits per heavy atom. The van der Waals surface area contributed by atoms with Crippen LogP contribution in [0.25, 0.3) is 0 Å². The summed E-state index contributed by atoms with van der Waals surface area (Å²) >= 11 is 0. The highest BCUT2D eigenvalue weighted by atomic mass is 15.2. The summed E-state index contributed by atoms with van der Waals surface area (Å²) < 4.78 is 0. The minimum Gasteiger partial charge on any atom is -0.294 e. The summed E-state index contributed by atoms with van der Waals surface area (Å²) in [4.78, 5) is 2.43. The Morgan fingerprint density at radius 1 is 1.67 bits per heavy atom. The monoisotopic (exact) mass is 125 g/mol. The van der Waals surface area contributed by atoms with Crippen LogP contribution in [0.15, 0.2) is 12.7 Å². The van der Waals surface area contributed by atoms with Crippen molar-refractivity contribution < 1.29 is 0 Å². The van der Waals surface area contributed by atoms with Crippen LogP contribution in [0.4, 0.5) is 0 Å². The molecular formula is C8H15N. The lowest BCUT2D eigenvalue weighted by Crippen LogP contribution is -2.55. The van der Waals surface area contributed by atoms with Crippen molar-refractivity contribution in [2.75, 3.05) is 13.1 Å². The van der Waals surface area contributed by atoms with Crippen LogP contribution in [0.3, 0.4) is 0 Å². The molecule has 52 valence electrons. The molecule has 0 aromatic carbocycles. The Balaban J connectivity index is 2.36. The summed E-state index contributed by atoms with van der Waals surface area (Å²) in [6.07, 6.45) is 3.31. The fourth-order valence-electron chi connectivity index (χ4n) is 1.21. The molecule has 0 aliphatic carbocycles. The SMILES string of the molecule is C=CCN1CCC1(C)C. The van der Waals surface area contributed by atoms with Crippen molar-refractivity contribution in [2.24, 2.45) is 0 Å². The summed E-state index contributed by atoms with van der Waals surface area (Å²) in [6, 6.07) is 0. The maximum atomic E-state index is 3.71. The summed E-state index contributed by atoms with van der Waals surface area (Å²) in [5.74, 6) is 0. The molecule has 0 aromatic rings. The molecule has 0 saturated carbocycles. The van der Waals surface area contributed by atoms with E-state index in [4.69, 9.17) is 0 Å². The lowest BCUT2D eigenvalue weighted by Gasteiger charge is -2.48. The van der Waals surface area contributed by atoms with Gasteiger partial charge < -0.3 is 0 Å². The number of nitrogens with zero attached hydrogens (tertiary/aromatic N) is 1. The highest BCUT2D eigenvalue weighted by molar-refractivity contribution is 4.94. The normalized spacial score (nSPS) is 25.1. The second-order valence-corrected chi connectivity index (χ2v) is 3.30. The second kappa shape index (κ2) is 2.14. The van der Waals surface area contributed by atoms with Gasteiger partial charge in [-0.25, -0.2) is 0 Å². The van der Waals surface area contributed by atoms with Gasteiger partial charge in [0, 0.05) is 18.6 Å². The molecule has 1 rings (SSSR count). The first-order chi connectivity index (χ1) is 4.17. The van der Waals surface area contributed by atoms with Crippen molar-refractivity contribution in [2.45, 2.75) is 25.8 Å². The average Bonchev–Trinajstić information content (AvgIpc) is 1.81. The molecule has 1 nitrogen and oxygen atoms in total. The molecule has 1 aliphatic rings. The Hall–Kier alpha value is -0.300. The van der Waals surface area contributed by atoms with Gasteiger partial charge in [0.05, 0.1) is 0 Å². The van der Waals surface area contributed by atoms with Gasteiger partial charge >= 0.3 is 0 Å². The van der Waals surface area contributed by atoms with E-state index in [0.29, 0.717) is 5.54 Å². The predicted molar refractivity (Wildman–Crippen MR) is 40.5 cm³/mol. The summed E-state index contributed by atoms with van der Waals surface area (Å²) in [5, 5.41) is 0. The lowest BCUT2D eigenvalue weighted by atomic mass is 9.89. The third kappa shape index (κ3) is 1.16. The standard InChI is InChI=1S/C8H15N/c1-4-6-9-7-5-8(9,2)3/h4H,1,5-7H2,2-3H3. The molecular weight excluding hydrogens is 110 g/mol. The largest absolute Gasteiger partial charge is 0.294 e. The van der Waals surface area contributed by atoms with Crippen LogP contribution in [0.2, 0.25) is 0 Å². The van der Waals surface area contributed by atoms with E-state index in [-0.39, 0.29) is 0 Å². The molecule has 1 aliphatic heterocycles. The van der Waals surface area contributed by atoms with Gasteiger partial charge in [-0.3, -0.25) is 4.90 Å². The maximum Gasteiger partial charge on any atom is 0.0168 e. The highest BCUT2D eigenvalue weighted by Crippen LogP contribution is 2.28. The first-order valence-corrected chi connectivity index (χ1v) is 3.53. The van der Waals surface area contributed by atoms with E-state index < -0.39 is 0 Å². The van der Waals surface area contributed by atoms with Crippen molar-refractivity contribution in [1.82, 2.24) is 4.90 Å². The molecule has 1 heteroatoms. The van der Waals surface area contributed by atoms with Gasteiger partial charge in [0.25, 0.3) is 0 Å². The third-order valence-corrected chi connectivity index (χ3v) is 2.20. The fraction of sp³-hybridized carbons (Fsp3) is 0.750. The summed E-state index contributed by atoms with van der Waals surface area (Å²) in [7, 11) is 0. The molecule has 0 unspecified atom stereocenters. The molecule has 0 spiro atoms. The van der Waals surface area contributed by atoms with Crippen molar-refractivity contribution >= 4 is 0 Å². The zero-order valence-corrected chi connectivity index (χ0v) is 6.35. The molecule has 0 amide bonds. The van der Waals surface area contributed by atoms with Gasteiger partial charge in [0.15, 0.2) is 0 Å². The van der Waals surface area contributed by atoms with E-state index in [1.807, 2.05) is 6.08 Å². The van der Waals surface area contributed by atoms with E-state index in [0.717, 1.165) is 6.54 Å². The number of hydrogen-bond donors (Lipinski definition) is 0. The van der Waals surface area contributed by atoms with E-state index in [2.05, 4.69) is 25.3 Å². The Bertz CT molecular complexity index is 116. The molecule has 1 saturated heterocycles. The zero-order valence-electron chi connectivity index (χ0n) is 6.35.